The standard InChI is InChI=1S/C17H11ClFN3/c1-20-9-11-7-10-5-6-16(18)21-17(10)15-8-12-13(19)3-2-4-14(12)22(11)15/h2-6,8,11H,7,9H2. The minimum Gasteiger partial charge on any atom is -0.328 e. The molecule has 0 radical (unpaired) electrons. The van der Waals surface area contributed by atoms with Gasteiger partial charge in [0.15, 0.2) is 0 Å². The summed E-state index contributed by atoms with van der Waals surface area (Å²) >= 11 is 6.03. The Balaban J connectivity index is 2.08. The van der Waals surface area contributed by atoms with Crippen molar-refractivity contribution in [2.75, 3.05) is 6.54 Å². The quantitative estimate of drug-likeness (QED) is 0.479. The maximum atomic E-state index is 14.1. The highest BCUT2D eigenvalue weighted by atomic mass is 35.5. The molecule has 0 aliphatic carbocycles. The van der Waals surface area contributed by atoms with Crippen LogP contribution in [0.5, 0.6) is 0 Å². The molecule has 0 N–H and O–H groups in total. The molecule has 4 rings (SSSR count). The van der Waals surface area contributed by atoms with Gasteiger partial charge < -0.3 is 9.41 Å². The molecule has 0 saturated carbocycles. The molecule has 1 aliphatic heterocycles. The Morgan fingerprint density at radius 3 is 3.05 bits per heavy atom. The van der Waals surface area contributed by atoms with Gasteiger partial charge in [0, 0.05) is 11.8 Å². The van der Waals surface area contributed by atoms with Crippen molar-refractivity contribution in [1.29, 1.82) is 0 Å². The molecule has 3 heterocycles. The summed E-state index contributed by atoms with van der Waals surface area (Å²) in [7, 11) is 0. The molecule has 1 aliphatic rings. The van der Waals surface area contributed by atoms with E-state index in [1.165, 1.54) is 6.07 Å². The molecule has 1 atom stereocenters. The van der Waals surface area contributed by atoms with Gasteiger partial charge in [-0.1, -0.05) is 23.7 Å². The normalized spacial score (nSPS) is 16.1. The Bertz CT molecular complexity index is 939. The van der Waals surface area contributed by atoms with Gasteiger partial charge in [-0.05, 0) is 29.8 Å². The van der Waals surface area contributed by atoms with E-state index in [1.807, 2.05) is 22.8 Å². The van der Waals surface area contributed by atoms with Gasteiger partial charge in [-0.2, -0.15) is 0 Å². The van der Waals surface area contributed by atoms with Crippen LogP contribution in [0.3, 0.4) is 0 Å². The second-order valence-electron chi connectivity index (χ2n) is 5.41. The van der Waals surface area contributed by atoms with E-state index in [1.54, 1.807) is 12.1 Å². The lowest BCUT2D eigenvalue weighted by molar-refractivity contribution is 0.540. The van der Waals surface area contributed by atoms with Gasteiger partial charge in [0.05, 0.1) is 16.9 Å². The zero-order valence-corrected chi connectivity index (χ0v) is 12.3. The molecule has 3 nitrogen and oxygen atoms in total. The number of benzene rings is 1. The fraction of sp³-hybridized carbons (Fsp3) is 0.176. The first-order valence-corrected chi connectivity index (χ1v) is 7.35. The van der Waals surface area contributed by atoms with E-state index in [0.29, 0.717) is 23.5 Å². The summed E-state index contributed by atoms with van der Waals surface area (Å²) < 4.78 is 16.2. The number of rotatable bonds is 1. The number of halogens is 2. The van der Waals surface area contributed by atoms with Gasteiger partial charge in [-0.15, -0.1) is 0 Å². The van der Waals surface area contributed by atoms with Crippen LogP contribution in [0.1, 0.15) is 11.6 Å². The molecule has 108 valence electrons. The molecular formula is C17H11ClFN3. The number of hydrogen-bond donors (Lipinski definition) is 0. The van der Waals surface area contributed by atoms with Gasteiger partial charge in [-0.25, -0.2) is 15.9 Å². The van der Waals surface area contributed by atoms with Gasteiger partial charge in [0.25, 0.3) is 0 Å². The second-order valence-corrected chi connectivity index (χ2v) is 5.80. The molecule has 2 aromatic heterocycles. The Morgan fingerprint density at radius 1 is 1.36 bits per heavy atom. The molecule has 5 heteroatoms. The van der Waals surface area contributed by atoms with Crippen molar-refractivity contribution in [3.63, 3.8) is 0 Å². The van der Waals surface area contributed by atoms with E-state index in [-0.39, 0.29) is 11.9 Å². The highest BCUT2D eigenvalue weighted by molar-refractivity contribution is 6.29. The smallest absolute Gasteiger partial charge is 0.235 e. The van der Waals surface area contributed by atoms with Crippen LogP contribution in [0.4, 0.5) is 4.39 Å². The minimum atomic E-state index is -0.260. The fourth-order valence-electron chi connectivity index (χ4n) is 3.24. The van der Waals surface area contributed by atoms with Gasteiger partial charge in [-0.3, -0.25) is 0 Å². The van der Waals surface area contributed by atoms with Crippen LogP contribution in [0.25, 0.3) is 27.1 Å². The third-order valence-electron chi connectivity index (χ3n) is 4.14. The third-order valence-corrected chi connectivity index (χ3v) is 4.35. The first kappa shape index (κ1) is 13.3. The largest absolute Gasteiger partial charge is 0.328 e. The molecule has 3 aromatic rings. The van der Waals surface area contributed by atoms with Crippen LogP contribution in [0, 0.1) is 12.4 Å². The zero-order valence-electron chi connectivity index (χ0n) is 11.6. The molecule has 0 saturated heterocycles. The number of aromatic nitrogens is 2. The number of fused-ring (bicyclic) bond motifs is 5. The predicted molar refractivity (Wildman–Crippen MR) is 84.3 cm³/mol. The van der Waals surface area contributed by atoms with Crippen LogP contribution >= 0.6 is 11.6 Å². The van der Waals surface area contributed by atoms with Crippen molar-refractivity contribution in [3.05, 3.63) is 64.3 Å². The molecule has 22 heavy (non-hydrogen) atoms. The Labute approximate surface area is 131 Å². The number of hydrogen-bond acceptors (Lipinski definition) is 1. The van der Waals surface area contributed by atoms with Crippen molar-refractivity contribution in [2.24, 2.45) is 0 Å². The lowest BCUT2D eigenvalue weighted by Gasteiger charge is -2.25. The third kappa shape index (κ3) is 1.83. The van der Waals surface area contributed by atoms with Crippen molar-refractivity contribution in [1.82, 2.24) is 9.55 Å². The van der Waals surface area contributed by atoms with E-state index in [9.17, 15) is 4.39 Å². The summed E-state index contributed by atoms with van der Waals surface area (Å²) in [5, 5.41) is 0.974. The van der Waals surface area contributed by atoms with E-state index < -0.39 is 0 Å². The Hall–Kier alpha value is -2.38. The fourth-order valence-corrected chi connectivity index (χ4v) is 3.39. The maximum absolute atomic E-state index is 14.1. The highest BCUT2D eigenvalue weighted by Gasteiger charge is 2.29. The predicted octanol–water partition coefficient (Wildman–Crippen LogP) is 4.51. The Kier molecular flexibility index (Phi) is 2.91. The van der Waals surface area contributed by atoms with E-state index in [4.69, 9.17) is 18.2 Å². The summed E-state index contributed by atoms with van der Waals surface area (Å²) in [5.74, 6) is -0.260. The zero-order chi connectivity index (χ0) is 15.3. The summed E-state index contributed by atoms with van der Waals surface area (Å²) in [6, 6.07) is 10.5. The lowest BCUT2D eigenvalue weighted by Crippen LogP contribution is -2.21. The van der Waals surface area contributed by atoms with Gasteiger partial charge >= 0.3 is 0 Å². The van der Waals surface area contributed by atoms with Crippen LogP contribution in [0.15, 0.2) is 36.4 Å². The SMILES string of the molecule is [C-]#[N+]CC1Cc2ccc(Cl)nc2-c2cc3c(F)cccc3n21. The van der Waals surface area contributed by atoms with E-state index in [0.717, 1.165) is 22.5 Å². The minimum absolute atomic E-state index is 0.0118. The van der Waals surface area contributed by atoms with Crippen molar-refractivity contribution in [3.8, 4) is 11.4 Å². The average molecular weight is 312 g/mol. The van der Waals surface area contributed by atoms with Crippen LogP contribution in [0.2, 0.25) is 5.15 Å². The van der Waals surface area contributed by atoms with Gasteiger partial charge in [0.2, 0.25) is 6.54 Å². The van der Waals surface area contributed by atoms with E-state index in [2.05, 4.69) is 9.83 Å². The number of pyridine rings is 1. The van der Waals surface area contributed by atoms with Crippen LogP contribution in [-0.2, 0) is 6.42 Å². The topological polar surface area (TPSA) is 22.2 Å². The average Bonchev–Trinajstić information content (AvgIpc) is 2.90. The van der Waals surface area contributed by atoms with Gasteiger partial charge in [0.1, 0.15) is 17.0 Å². The summed E-state index contributed by atoms with van der Waals surface area (Å²) in [4.78, 5) is 7.97. The highest BCUT2D eigenvalue weighted by Crippen LogP contribution is 2.39. The maximum Gasteiger partial charge on any atom is 0.235 e. The molecule has 0 fully saturated rings. The monoisotopic (exact) mass is 311 g/mol. The van der Waals surface area contributed by atoms with Crippen molar-refractivity contribution >= 4 is 22.5 Å². The number of nitrogens with zero attached hydrogens (tertiary/aromatic N) is 3. The van der Waals surface area contributed by atoms with Crippen molar-refractivity contribution < 1.29 is 4.39 Å². The summed E-state index contributed by atoms with van der Waals surface area (Å²) in [6.07, 6.45) is 0.704. The molecule has 0 amide bonds. The molecule has 1 aromatic carbocycles. The molecule has 0 bridgehead atoms. The van der Waals surface area contributed by atoms with Crippen LogP contribution < -0.4 is 0 Å². The molecule has 1 unspecified atom stereocenters. The van der Waals surface area contributed by atoms with E-state index >= 15 is 0 Å². The van der Waals surface area contributed by atoms with Crippen molar-refractivity contribution in [2.45, 2.75) is 12.5 Å². The first-order chi connectivity index (χ1) is 10.7. The molecular weight excluding hydrogens is 301 g/mol. The summed E-state index contributed by atoms with van der Waals surface area (Å²) in [5.41, 5.74) is 3.46. The molecule has 0 spiro atoms. The second kappa shape index (κ2) is 4.82. The van der Waals surface area contributed by atoms with Crippen LogP contribution in [-0.4, -0.2) is 16.1 Å². The first-order valence-electron chi connectivity index (χ1n) is 6.97. The summed E-state index contributed by atoms with van der Waals surface area (Å²) in [6.45, 7) is 7.56. The lowest BCUT2D eigenvalue weighted by atomic mass is 9.98. The Morgan fingerprint density at radius 2 is 2.23 bits per heavy atom.